The molecule has 0 bridgehead atoms. The number of aromatic nitrogens is 3. The van der Waals surface area contributed by atoms with Crippen LogP contribution >= 0.6 is 0 Å². The van der Waals surface area contributed by atoms with E-state index in [2.05, 4.69) is 14.8 Å². The Hall–Kier alpha value is -2.79. The fourth-order valence-corrected chi connectivity index (χ4v) is 3.84. The molecule has 8 heteroatoms. The van der Waals surface area contributed by atoms with Crippen LogP contribution in [0.15, 0.2) is 35.5 Å². The first kappa shape index (κ1) is 16.1. The molecule has 0 unspecified atom stereocenters. The molecule has 0 spiro atoms. The second-order valence-electron chi connectivity index (χ2n) is 5.58. The molecule has 0 fully saturated rings. The van der Waals surface area contributed by atoms with Crippen molar-refractivity contribution in [1.29, 1.82) is 5.26 Å². The van der Waals surface area contributed by atoms with Crippen molar-refractivity contribution in [2.75, 3.05) is 4.72 Å². The van der Waals surface area contributed by atoms with Gasteiger partial charge in [0.25, 0.3) is 10.0 Å². The number of aryl methyl sites for hydroxylation is 2. The first-order chi connectivity index (χ1) is 11.4. The van der Waals surface area contributed by atoms with Crippen LogP contribution < -0.4 is 4.72 Å². The van der Waals surface area contributed by atoms with E-state index in [0.717, 1.165) is 11.1 Å². The molecule has 3 aromatic rings. The Morgan fingerprint density at radius 3 is 2.92 bits per heavy atom. The van der Waals surface area contributed by atoms with Crippen molar-refractivity contribution in [1.82, 2.24) is 14.8 Å². The summed E-state index contributed by atoms with van der Waals surface area (Å²) >= 11 is 0. The monoisotopic (exact) mass is 343 g/mol. The quantitative estimate of drug-likeness (QED) is 0.743. The molecular formula is C16H17N5O2S. The number of fused-ring (bicyclic) bond motifs is 1. The van der Waals surface area contributed by atoms with Crippen molar-refractivity contribution in [3.05, 3.63) is 41.9 Å². The largest absolute Gasteiger partial charge is 0.360 e. The molecule has 0 aliphatic rings. The number of sulfonamides is 1. The molecule has 2 N–H and O–H groups in total. The lowest BCUT2D eigenvalue weighted by Gasteiger charge is -2.07. The van der Waals surface area contributed by atoms with E-state index in [0.29, 0.717) is 29.7 Å². The normalized spacial score (nSPS) is 11.5. The standard InChI is InChI=1S/C16H17N5O2S/c1-11-4-5-13-14(8-11)18-10-16(13)24(22,23)20-15-9-19-21(12(15)2)7-3-6-17/h4-5,8-10,18,20H,3,7H2,1-2H3. The highest BCUT2D eigenvalue weighted by atomic mass is 32.2. The van der Waals surface area contributed by atoms with Gasteiger partial charge in [-0.05, 0) is 25.5 Å². The number of nitriles is 1. The van der Waals surface area contributed by atoms with Crippen molar-refractivity contribution in [2.45, 2.75) is 31.7 Å². The molecule has 1 aromatic carbocycles. The molecule has 0 amide bonds. The molecule has 124 valence electrons. The van der Waals surface area contributed by atoms with Gasteiger partial charge in [0.05, 0.1) is 36.6 Å². The highest BCUT2D eigenvalue weighted by Gasteiger charge is 2.21. The van der Waals surface area contributed by atoms with E-state index in [1.807, 2.05) is 25.1 Å². The lowest BCUT2D eigenvalue weighted by atomic mass is 10.2. The summed E-state index contributed by atoms with van der Waals surface area (Å²) in [5, 5.41) is 13.4. The molecule has 0 aliphatic carbocycles. The van der Waals surface area contributed by atoms with Crippen molar-refractivity contribution >= 4 is 26.6 Å². The molecule has 24 heavy (non-hydrogen) atoms. The van der Waals surface area contributed by atoms with E-state index in [1.165, 1.54) is 12.4 Å². The number of H-pyrrole nitrogens is 1. The summed E-state index contributed by atoms with van der Waals surface area (Å²) < 4.78 is 29.6. The first-order valence-corrected chi connectivity index (χ1v) is 8.90. The Labute approximate surface area is 140 Å². The minimum Gasteiger partial charge on any atom is -0.360 e. The topological polar surface area (TPSA) is 104 Å². The number of aromatic amines is 1. The van der Waals surface area contributed by atoms with Gasteiger partial charge in [0.1, 0.15) is 4.90 Å². The summed E-state index contributed by atoms with van der Waals surface area (Å²) in [5.74, 6) is 0. The lowest BCUT2D eigenvalue weighted by molar-refractivity contribution is 0.601. The fourth-order valence-electron chi connectivity index (χ4n) is 2.56. The smallest absolute Gasteiger partial charge is 0.264 e. The van der Waals surface area contributed by atoms with E-state index in [1.54, 1.807) is 17.7 Å². The first-order valence-electron chi connectivity index (χ1n) is 7.42. The number of hydrogen-bond donors (Lipinski definition) is 2. The lowest BCUT2D eigenvalue weighted by Crippen LogP contribution is -2.13. The van der Waals surface area contributed by atoms with Gasteiger partial charge in [-0.2, -0.15) is 10.4 Å². The third kappa shape index (κ3) is 2.86. The average Bonchev–Trinajstić information content (AvgIpc) is 3.10. The number of rotatable bonds is 5. The van der Waals surface area contributed by atoms with E-state index in [9.17, 15) is 8.42 Å². The predicted octanol–water partition coefficient (Wildman–Crippen LogP) is 2.70. The molecular weight excluding hydrogens is 326 g/mol. The summed E-state index contributed by atoms with van der Waals surface area (Å²) in [5.41, 5.74) is 2.91. The molecule has 0 saturated heterocycles. The zero-order chi connectivity index (χ0) is 17.3. The van der Waals surface area contributed by atoms with E-state index >= 15 is 0 Å². The summed E-state index contributed by atoms with van der Waals surface area (Å²) in [6.45, 7) is 4.14. The molecule has 2 heterocycles. The Balaban J connectivity index is 1.94. The van der Waals surface area contributed by atoms with Gasteiger partial charge in [-0.15, -0.1) is 0 Å². The van der Waals surface area contributed by atoms with E-state index < -0.39 is 10.0 Å². The second-order valence-corrected chi connectivity index (χ2v) is 7.23. The van der Waals surface area contributed by atoms with Crippen molar-refractivity contribution in [3.63, 3.8) is 0 Å². The molecule has 0 saturated carbocycles. The Morgan fingerprint density at radius 2 is 2.17 bits per heavy atom. The van der Waals surface area contributed by atoms with Crippen LogP contribution in [0.1, 0.15) is 17.7 Å². The minimum absolute atomic E-state index is 0.196. The number of nitrogens with zero attached hydrogens (tertiary/aromatic N) is 3. The van der Waals surface area contributed by atoms with Crippen LogP contribution in [0.4, 0.5) is 5.69 Å². The van der Waals surface area contributed by atoms with Gasteiger partial charge in [-0.25, -0.2) is 8.42 Å². The maximum Gasteiger partial charge on any atom is 0.264 e. The fraction of sp³-hybridized carbons (Fsp3) is 0.250. The highest BCUT2D eigenvalue weighted by Crippen LogP contribution is 2.26. The Morgan fingerprint density at radius 1 is 1.38 bits per heavy atom. The summed E-state index contributed by atoms with van der Waals surface area (Å²) in [6.07, 6.45) is 3.27. The van der Waals surface area contributed by atoms with Crippen molar-refractivity contribution < 1.29 is 8.42 Å². The Kier molecular flexibility index (Phi) is 4.03. The highest BCUT2D eigenvalue weighted by molar-refractivity contribution is 7.93. The van der Waals surface area contributed by atoms with Crippen LogP contribution in [0.2, 0.25) is 0 Å². The second kappa shape index (κ2) is 6.02. The molecule has 3 rings (SSSR count). The Bertz CT molecular complexity index is 1040. The van der Waals surface area contributed by atoms with E-state index in [4.69, 9.17) is 5.26 Å². The van der Waals surface area contributed by atoms with Crippen LogP contribution in [0, 0.1) is 25.2 Å². The summed E-state index contributed by atoms with van der Waals surface area (Å²) in [7, 11) is -3.74. The van der Waals surface area contributed by atoms with E-state index in [-0.39, 0.29) is 4.90 Å². The average molecular weight is 343 g/mol. The van der Waals surface area contributed by atoms with Crippen molar-refractivity contribution in [3.8, 4) is 6.07 Å². The van der Waals surface area contributed by atoms with Gasteiger partial charge in [-0.3, -0.25) is 9.40 Å². The van der Waals surface area contributed by atoms with Gasteiger partial charge in [0, 0.05) is 17.1 Å². The number of anilines is 1. The molecule has 7 nitrogen and oxygen atoms in total. The van der Waals surface area contributed by atoms with Gasteiger partial charge in [0.15, 0.2) is 0 Å². The molecule has 0 aliphatic heterocycles. The maximum absolute atomic E-state index is 12.7. The minimum atomic E-state index is -3.74. The zero-order valence-electron chi connectivity index (χ0n) is 13.4. The third-order valence-electron chi connectivity index (χ3n) is 3.87. The predicted molar refractivity (Wildman–Crippen MR) is 91.0 cm³/mol. The van der Waals surface area contributed by atoms with Gasteiger partial charge < -0.3 is 4.98 Å². The third-order valence-corrected chi connectivity index (χ3v) is 5.28. The SMILES string of the molecule is Cc1ccc2c(S(=O)(=O)Nc3cnn(CCC#N)c3C)c[nH]c2c1. The van der Waals surface area contributed by atoms with Gasteiger partial charge >= 0.3 is 0 Å². The molecule has 0 atom stereocenters. The van der Waals surface area contributed by atoms with Crippen LogP contribution in [0.25, 0.3) is 10.9 Å². The molecule has 2 aromatic heterocycles. The van der Waals surface area contributed by atoms with Gasteiger partial charge in [0.2, 0.25) is 0 Å². The number of benzene rings is 1. The van der Waals surface area contributed by atoms with Crippen LogP contribution in [-0.4, -0.2) is 23.2 Å². The zero-order valence-corrected chi connectivity index (χ0v) is 14.2. The number of hydrogen-bond acceptors (Lipinski definition) is 4. The summed E-state index contributed by atoms with van der Waals surface area (Å²) in [6, 6.07) is 7.61. The van der Waals surface area contributed by atoms with Crippen LogP contribution in [-0.2, 0) is 16.6 Å². The van der Waals surface area contributed by atoms with Gasteiger partial charge in [-0.1, -0.05) is 12.1 Å². The molecule has 0 radical (unpaired) electrons. The summed E-state index contributed by atoms with van der Waals surface area (Å²) in [4.78, 5) is 3.19. The van der Waals surface area contributed by atoms with Crippen molar-refractivity contribution in [2.24, 2.45) is 0 Å². The van der Waals surface area contributed by atoms with Crippen LogP contribution in [0.5, 0.6) is 0 Å². The van der Waals surface area contributed by atoms with Crippen LogP contribution in [0.3, 0.4) is 0 Å². The maximum atomic E-state index is 12.7. The number of nitrogens with one attached hydrogen (secondary N) is 2.